The van der Waals surface area contributed by atoms with E-state index in [1.807, 2.05) is 13.8 Å². The Bertz CT molecular complexity index is 379. The van der Waals surface area contributed by atoms with Crippen LogP contribution >= 0.6 is 27.5 Å². The van der Waals surface area contributed by atoms with Crippen LogP contribution in [0.3, 0.4) is 0 Å². The van der Waals surface area contributed by atoms with Crippen molar-refractivity contribution in [2.75, 3.05) is 11.4 Å². The minimum absolute atomic E-state index is 0.128. The van der Waals surface area contributed by atoms with Crippen molar-refractivity contribution in [1.29, 1.82) is 0 Å². The third kappa shape index (κ3) is 2.20. The second kappa shape index (κ2) is 4.17. The topological polar surface area (TPSA) is 46.1 Å². The van der Waals surface area contributed by atoms with Crippen LogP contribution in [0, 0.1) is 0 Å². The molecule has 0 radical (unpaired) electrons. The molecule has 82 valence electrons. The molecule has 0 spiro atoms. The maximum Gasteiger partial charge on any atom is 0.230 e. The minimum Gasteiger partial charge on any atom is -0.286 e. The first kappa shape index (κ1) is 11.0. The van der Waals surface area contributed by atoms with E-state index in [4.69, 9.17) is 0 Å². The van der Waals surface area contributed by atoms with E-state index >= 15 is 0 Å². The molecule has 2 rings (SSSR count). The SMILES string of the molecule is CC(C)c1nsc(N2CC(Br)CC2=O)n1. The van der Waals surface area contributed by atoms with Crippen molar-refractivity contribution in [1.82, 2.24) is 9.36 Å². The maximum atomic E-state index is 11.6. The van der Waals surface area contributed by atoms with Crippen molar-refractivity contribution >= 4 is 38.5 Å². The summed E-state index contributed by atoms with van der Waals surface area (Å²) < 4.78 is 4.24. The van der Waals surface area contributed by atoms with E-state index in [2.05, 4.69) is 25.3 Å². The summed E-state index contributed by atoms with van der Waals surface area (Å²) >= 11 is 4.75. The summed E-state index contributed by atoms with van der Waals surface area (Å²) in [5.74, 6) is 1.26. The highest BCUT2D eigenvalue weighted by molar-refractivity contribution is 9.09. The fourth-order valence-corrected chi connectivity index (χ4v) is 2.82. The average molecular weight is 290 g/mol. The zero-order chi connectivity index (χ0) is 11.0. The molecule has 1 unspecified atom stereocenters. The molecule has 1 fully saturated rings. The van der Waals surface area contributed by atoms with Gasteiger partial charge < -0.3 is 0 Å². The number of rotatable bonds is 2. The van der Waals surface area contributed by atoms with Crippen LogP contribution in [0.2, 0.25) is 0 Å². The molecule has 1 amide bonds. The number of hydrogen-bond acceptors (Lipinski definition) is 4. The lowest BCUT2D eigenvalue weighted by Gasteiger charge is -2.10. The highest BCUT2D eigenvalue weighted by atomic mass is 79.9. The molecule has 2 heterocycles. The van der Waals surface area contributed by atoms with E-state index < -0.39 is 0 Å². The molecule has 0 aromatic carbocycles. The number of carbonyl (C=O) groups is 1. The van der Waals surface area contributed by atoms with Crippen LogP contribution in [0.5, 0.6) is 0 Å². The van der Waals surface area contributed by atoms with Crippen LogP contribution in [0.15, 0.2) is 0 Å². The van der Waals surface area contributed by atoms with Crippen molar-refractivity contribution in [3.8, 4) is 0 Å². The molecule has 1 atom stereocenters. The zero-order valence-electron chi connectivity index (χ0n) is 8.61. The molecule has 4 nitrogen and oxygen atoms in total. The molecule has 1 aromatic rings. The molecule has 0 bridgehead atoms. The van der Waals surface area contributed by atoms with Crippen molar-refractivity contribution in [2.45, 2.75) is 31.0 Å². The molecular formula is C9H12BrN3OS. The molecule has 6 heteroatoms. The smallest absolute Gasteiger partial charge is 0.230 e. The van der Waals surface area contributed by atoms with E-state index in [-0.39, 0.29) is 10.7 Å². The van der Waals surface area contributed by atoms with E-state index in [9.17, 15) is 4.79 Å². The molecule has 0 N–H and O–H groups in total. The van der Waals surface area contributed by atoms with Gasteiger partial charge in [0.2, 0.25) is 11.0 Å². The Labute approximate surface area is 101 Å². The number of nitrogens with zero attached hydrogens (tertiary/aromatic N) is 3. The third-order valence-electron chi connectivity index (χ3n) is 2.26. The highest BCUT2D eigenvalue weighted by Crippen LogP contribution is 2.27. The first-order valence-electron chi connectivity index (χ1n) is 4.86. The number of halogens is 1. The number of anilines is 1. The second-order valence-corrected chi connectivity index (χ2v) is 5.92. The van der Waals surface area contributed by atoms with Crippen molar-refractivity contribution in [3.05, 3.63) is 5.82 Å². The van der Waals surface area contributed by atoms with Gasteiger partial charge in [0.25, 0.3) is 0 Å². The fourth-order valence-electron chi connectivity index (χ4n) is 1.42. The molecule has 1 aliphatic heterocycles. The Morgan fingerprint density at radius 2 is 2.33 bits per heavy atom. The third-order valence-corrected chi connectivity index (χ3v) is 3.62. The Hall–Kier alpha value is -0.490. The predicted octanol–water partition coefficient (Wildman–Crippen LogP) is 2.16. The molecule has 0 aliphatic carbocycles. The van der Waals surface area contributed by atoms with E-state index in [1.165, 1.54) is 11.5 Å². The lowest BCUT2D eigenvalue weighted by atomic mass is 10.2. The predicted molar refractivity (Wildman–Crippen MR) is 63.7 cm³/mol. The zero-order valence-corrected chi connectivity index (χ0v) is 11.0. The van der Waals surface area contributed by atoms with Gasteiger partial charge >= 0.3 is 0 Å². The standard InChI is InChI=1S/C9H12BrN3OS/c1-5(2)8-11-9(15-12-8)13-4-6(10)3-7(13)14/h5-6H,3-4H2,1-2H3. The summed E-state index contributed by atoms with van der Waals surface area (Å²) in [4.78, 5) is 17.9. The van der Waals surface area contributed by atoms with Crippen LogP contribution in [0.4, 0.5) is 5.13 Å². The fraction of sp³-hybridized carbons (Fsp3) is 0.667. The van der Waals surface area contributed by atoms with Crippen LogP contribution in [-0.2, 0) is 4.79 Å². The summed E-state index contributed by atoms with van der Waals surface area (Å²) in [5.41, 5.74) is 0. The number of carbonyl (C=O) groups excluding carboxylic acids is 1. The Morgan fingerprint density at radius 3 is 2.80 bits per heavy atom. The van der Waals surface area contributed by atoms with Crippen LogP contribution < -0.4 is 4.90 Å². The van der Waals surface area contributed by atoms with Gasteiger partial charge in [0.15, 0.2) is 0 Å². The molecule has 0 saturated carbocycles. The number of hydrogen-bond donors (Lipinski definition) is 0. The summed E-state index contributed by atoms with van der Waals surface area (Å²) in [7, 11) is 0. The van der Waals surface area contributed by atoms with Gasteiger partial charge in [-0.1, -0.05) is 29.8 Å². The summed E-state index contributed by atoms with van der Waals surface area (Å²) in [6.45, 7) is 4.79. The lowest BCUT2D eigenvalue weighted by molar-refractivity contribution is -0.117. The van der Waals surface area contributed by atoms with Crippen molar-refractivity contribution in [2.24, 2.45) is 0 Å². The van der Waals surface area contributed by atoms with Gasteiger partial charge in [-0.15, -0.1) is 0 Å². The van der Waals surface area contributed by atoms with Gasteiger partial charge in [0, 0.05) is 35.2 Å². The Kier molecular flexibility index (Phi) is 3.06. The summed E-state index contributed by atoms with van der Waals surface area (Å²) in [6.07, 6.45) is 0.552. The monoisotopic (exact) mass is 289 g/mol. The van der Waals surface area contributed by atoms with Gasteiger partial charge in [-0.3, -0.25) is 9.69 Å². The molecule has 15 heavy (non-hydrogen) atoms. The van der Waals surface area contributed by atoms with Crippen LogP contribution in [-0.4, -0.2) is 26.6 Å². The first-order valence-corrected chi connectivity index (χ1v) is 6.55. The van der Waals surface area contributed by atoms with E-state index in [0.717, 1.165) is 11.0 Å². The van der Waals surface area contributed by atoms with Gasteiger partial charge in [0.1, 0.15) is 5.82 Å². The Balaban J connectivity index is 2.19. The first-order chi connectivity index (χ1) is 7.08. The average Bonchev–Trinajstić information content (AvgIpc) is 2.71. The van der Waals surface area contributed by atoms with Gasteiger partial charge in [-0.05, 0) is 0 Å². The number of amides is 1. The van der Waals surface area contributed by atoms with Crippen molar-refractivity contribution in [3.63, 3.8) is 0 Å². The molecular weight excluding hydrogens is 278 g/mol. The van der Waals surface area contributed by atoms with E-state index in [1.54, 1.807) is 4.90 Å². The summed E-state index contributed by atoms with van der Waals surface area (Å²) in [6, 6.07) is 0. The normalized spacial score (nSPS) is 21.7. The van der Waals surface area contributed by atoms with Crippen LogP contribution in [0.25, 0.3) is 0 Å². The highest BCUT2D eigenvalue weighted by Gasteiger charge is 2.31. The molecule has 1 aliphatic rings. The maximum absolute atomic E-state index is 11.6. The van der Waals surface area contributed by atoms with Gasteiger partial charge in [0.05, 0.1) is 0 Å². The van der Waals surface area contributed by atoms with Crippen LogP contribution in [0.1, 0.15) is 32.0 Å². The van der Waals surface area contributed by atoms with Crippen molar-refractivity contribution < 1.29 is 4.79 Å². The Morgan fingerprint density at radius 1 is 1.60 bits per heavy atom. The van der Waals surface area contributed by atoms with Gasteiger partial charge in [-0.25, -0.2) is 4.98 Å². The van der Waals surface area contributed by atoms with Gasteiger partial charge in [-0.2, -0.15) is 4.37 Å². The molecule has 1 aromatic heterocycles. The number of aromatic nitrogens is 2. The largest absolute Gasteiger partial charge is 0.286 e. The summed E-state index contributed by atoms with van der Waals surface area (Å²) in [5, 5.41) is 0.727. The quantitative estimate of drug-likeness (QED) is 0.784. The number of alkyl halides is 1. The lowest BCUT2D eigenvalue weighted by Crippen LogP contribution is -2.24. The minimum atomic E-state index is 0.128. The second-order valence-electron chi connectivity index (χ2n) is 3.90. The van der Waals surface area contributed by atoms with E-state index in [0.29, 0.717) is 18.9 Å². The molecule has 1 saturated heterocycles.